The predicted octanol–water partition coefficient (Wildman–Crippen LogP) is 2.65. The molecule has 1 unspecified atom stereocenters. The second-order valence-corrected chi connectivity index (χ2v) is 5.37. The molecule has 0 aliphatic carbocycles. The summed E-state index contributed by atoms with van der Waals surface area (Å²) < 4.78 is 11.4. The topological polar surface area (TPSA) is 30.5 Å². The zero-order valence-electron chi connectivity index (χ0n) is 10.4. The van der Waals surface area contributed by atoms with Crippen molar-refractivity contribution in [1.82, 2.24) is 5.32 Å². The number of piperidine rings is 1. The van der Waals surface area contributed by atoms with Gasteiger partial charge in [0.25, 0.3) is 0 Å². The quantitative estimate of drug-likeness (QED) is 0.894. The van der Waals surface area contributed by atoms with Crippen LogP contribution in [-0.4, -0.2) is 26.3 Å². The van der Waals surface area contributed by atoms with Gasteiger partial charge in [0.1, 0.15) is 13.2 Å². The summed E-state index contributed by atoms with van der Waals surface area (Å²) in [5.41, 5.74) is 1.11. The van der Waals surface area contributed by atoms with Crippen molar-refractivity contribution in [2.24, 2.45) is 5.92 Å². The summed E-state index contributed by atoms with van der Waals surface area (Å²) in [6, 6.07) is 3.82. The molecular weight excluding hydrogens is 250 g/mol. The number of hydrogen-bond donors (Lipinski definition) is 1. The largest absolute Gasteiger partial charge is 0.486 e. The molecule has 4 heteroatoms. The summed E-state index contributed by atoms with van der Waals surface area (Å²) in [5.74, 6) is 2.34. The second kappa shape index (κ2) is 5.37. The SMILES string of the molecule is Clc1ccc2c(c1CC1CCCNC1)OCCO2. The first-order valence-electron chi connectivity index (χ1n) is 6.62. The van der Waals surface area contributed by atoms with Gasteiger partial charge in [-0.15, -0.1) is 0 Å². The Bertz CT molecular complexity index is 430. The Labute approximate surface area is 112 Å². The van der Waals surface area contributed by atoms with Crippen LogP contribution in [0.4, 0.5) is 0 Å². The molecule has 1 aromatic carbocycles. The van der Waals surface area contributed by atoms with E-state index in [1.54, 1.807) is 0 Å². The molecule has 98 valence electrons. The van der Waals surface area contributed by atoms with Crippen molar-refractivity contribution in [3.05, 3.63) is 22.7 Å². The minimum Gasteiger partial charge on any atom is -0.486 e. The Morgan fingerprint density at radius 3 is 3.00 bits per heavy atom. The molecule has 0 bridgehead atoms. The lowest BCUT2D eigenvalue weighted by molar-refractivity contribution is 0.169. The lowest BCUT2D eigenvalue weighted by atomic mass is 9.91. The van der Waals surface area contributed by atoms with Crippen LogP contribution in [0, 0.1) is 5.92 Å². The molecule has 1 aromatic rings. The average Bonchev–Trinajstić information content (AvgIpc) is 2.43. The molecule has 2 aliphatic rings. The first kappa shape index (κ1) is 12.1. The molecule has 0 spiro atoms. The van der Waals surface area contributed by atoms with Gasteiger partial charge in [0.15, 0.2) is 11.5 Å². The third-order valence-electron chi connectivity index (χ3n) is 3.65. The van der Waals surface area contributed by atoms with Crippen LogP contribution in [0.25, 0.3) is 0 Å². The Hall–Kier alpha value is -0.930. The van der Waals surface area contributed by atoms with Gasteiger partial charge in [0.05, 0.1) is 0 Å². The zero-order chi connectivity index (χ0) is 12.4. The van der Waals surface area contributed by atoms with Gasteiger partial charge >= 0.3 is 0 Å². The van der Waals surface area contributed by atoms with E-state index in [0.29, 0.717) is 19.1 Å². The minimum absolute atomic E-state index is 0.614. The molecule has 1 fully saturated rings. The first-order valence-corrected chi connectivity index (χ1v) is 7.00. The lowest BCUT2D eigenvalue weighted by Crippen LogP contribution is -2.31. The van der Waals surface area contributed by atoms with Crippen LogP contribution in [0.15, 0.2) is 12.1 Å². The maximum atomic E-state index is 6.32. The Kier molecular flexibility index (Phi) is 3.62. The minimum atomic E-state index is 0.614. The number of benzene rings is 1. The highest BCUT2D eigenvalue weighted by atomic mass is 35.5. The number of fused-ring (bicyclic) bond motifs is 1. The Balaban J connectivity index is 1.85. The van der Waals surface area contributed by atoms with Gasteiger partial charge < -0.3 is 14.8 Å². The highest BCUT2D eigenvalue weighted by molar-refractivity contribution is 6.31. The van der Waals surface area contributed by atoms with Crippen molar-refractivity contribution in [2.45, 2.75) is 19.3 Å². The monoisotopic (exact) mass is 267 g/mol. The van der Waals surface area contributed by atoms with Crippen LogP contribution >= 0.6 is 11.6 Å². The standard InChI is InChI=1S/C14H18ClNO2/c15-12-3-4-13-14(18-7-6-17-13)11(12)8-10-2-1-5-16-9-10/h3-4,10,16H,1-2,5-9H2. The fourth-order valence-corrected chi connectivity index (χ4v) is 2.95. The summed E-state index contributed by atoms with van der Waals surface area (Å²) in [7, 11) is 0. The van der Waals surface area contributed by atoms with Gasteiger partial charge in [-0.1, -0.05) is 11.6 Å². The third-order valence-corrected chi connectivity index (χ3v) is 4.00. The maximum absolute atomic E-state index is 6.32. The second-order valence-electron chi connectivity index (χ2n) is 4.97. The van der Waals surface area contributed by atoms with Crippen LogP contribution in [0.1, 0.15) is 18.4 Å². The molecule has 1 N–H and O–H groups in total. The van der Waals surface area contributed by atoms with Gasteiger partial charge in [-0.3, -0.25) is 0 Å². The molecule has 0 aromatic heterocycles. The highest BCUT2D eigenvalue weighted by Gasteiger charge is 2.22. The molecule has 3 nitrogen and oxygen atoms in total. The molecule has 0 radical (unpaired) electrons. The normalized spacial score (nSPS) is 22.8. The van der Waals surface area contributed by atoms with Gasteiger partial charge in [0.2, 0.25) is 0 Å². The van der Waals surface area contributed by atoms with E-state index in [2.05, 4.69) is 5.32 Å². The third kappa shape index (κ3) is 2.43. The highest BCUT2D eigenvalue weighted by Crippen LogP contribution is 2.39. The molecule has 2 heterocycles. The molecule has 18 heavy (non-hydrogen) atoms. The van der Waals surface area contributed by atoms with E-state index >= 15 is 0 Å². The van der Waals surface area contributed by atoms with Crippen LogP contribution in [0.2, 0.25) is 5.02 Å². The number of hydrogen-bond acceptors (Lipinski definition) is 3. The first-order chi connectivity index (χ1) is 8.84. The molecule has 0 saturated carbocycles. The van der Waals surface area contributed by atoms with Crippen LogP contribution < -0.4 is 14.8 Å². The van der Waals surface area contributed by atoms with E-state index in [1.807, 2.05) is 12.1 Å². The number of halogens is 1. The summed E-state index contributed by atoms with van der Waals surface area (Å²) in [4.78, 5) is 0. The van der Waals surface area contributed by atoms with Crippen molar-refractivity contribution >= 4 is 11.6 Å². The van der Waals surface area contributed by atoms with Crippen LogP contribution in [0.5, 0.6) is 11.5 Å². The molecule has 3 rings (SSSR count). The lowest BCUT2D eigenvalue weighted by Gasteiger charge is -2.26. The Morgan fingerprint density at radius 1 is 1.28 bits per heavy atom. The Morgan fingerprint density at radius 2 is 2.17 bits per heavy atom. The van der Waals surface area contributed by atoms with Gasteiger partial charge in [-0.2, -0.15) is 0 Å². The molecule has 0 amide bonds. The predicted molar refractivity (Wildman–Crippen MR) is 71.7 cm³/mol. The zero-order valence-corrected chi connectivity index (χ0v) is 11.1. The van der Waals surface area contributed by atoms with Crippen molar-refractivity contribution in [1.29, 1.82) is 0 Å². The van der Waals surface area contributed by atoms with Gasteiger partial charge in [-0.05, 0) is 50.4 Å². The summed E-state index contributed by atoms with van der Waals surface area (Å²) in [6.07, 6.45) is 3.47. The number of ether oxygens (including phenoxy) is 2. The number of nitrogens with one attached hydrogen (secondary N) is 1. The molecule has 1 atom stereocenters. The van der Waals surface area contributed by atoms with Crippen molar-refractivity contribution in [3.63, 3.8) is 0 Å². The van der Waals surface area contributed by atoms with Gasteiger partial charge in [0, 0.05) is 10.6 Å². The molecular formula is C14H18ClNO2. The maximum Gasteiger partial charge on any atom is 0.166 e. The van der Waals surface area contributed by atoms with Crippen molar-refractivity contribution in [2.75, 3.05) is 26.3 Å². The van der Waals surface area contributed by atoms with E-state index in [4.69, 9.17) is 21.1 Å². The summed E-state index contributed by atoms with van der Waals surface area (Å²) in [5, 5.41) is 4.24. The van der Waals surface area contributed by atoms with Crippen molar-refractivity contribution in [3.8, 4) is 11.5 Å². The fourth-order valence-electron chi connectivity index (χ4n) is 2.73. The fraction of sp³-hybridized carbons (Fsp3) is 0.571. The smallest absolute Gasteiger partial charge is 0.166 e. The summed E-state index contributed by atoms with van der Waals surface area (Å²) in [6.45, 7) is 3.44. The van der Waals surface area contributed by atoms with E-state index in [9.17, 15) is 0 Å². The van der Waals surface area contributed by atoms with E-state index in [-0.39, 0.29) is 0 Å². The molecule has 2 aliphatic heterocycles. The van der Waals surface area contributed by atoms with E-state index in [0.717, 1.165) is 41.6 Å². The average molecular weight is 268 g/mol. The van der Waals surface area contributed by atoms with Gasteiger partial charge in [-0.25, -0.2) is 0 Å². The molecule has 1 saturated heterocycles. The number of rotatable bonds is 2. The van der Waals surface area contributed by atoms with Crippen LogP contribution in [-0.2, 0) is 6.42 Å². The van der Waals surface area contributed by atoms with E-state index < -0.39 is 0 Å². The van der Waals surface area contributed by atoms with E-state index in [1.165, 1.54) is 12.8 Å². The summed E-state index contributed by atoms with van der Waals surface area (Å²) >= 11 is 6.32. The van der Waals surface area contributed by atoms with Crippen molar-refractivity contribution < 1.29 is 9.47 Å². The van der Waals surface area contributed by atoms with Crippen LogP contribution in [0.3, 0.4) is 0 Å².